The van der Waals surface area contributed by atoms with Crippen LogP contribution in [-0.2, 0) is 4.74 Å². The number of thiophene rings is 1. The van der Waals surface area contributed by atoms with Crippen LogP contribution in [0.5, 0.6) is 0 Å². The van der Waals surface area contributed by atoms with Gasteiger partial charge in [-0.3, -0.25) is 4.79 Å². The van der Waals surface area contributed by atoms with Gasteiger partial charge < -0.3 is 9.64 Å². The van der Waals surface area contributed by atoms with Crippen molar-refractivity contribution < 1.29 is 9.53 Å². The minimum Gasteiger partial charge on any atom is -0.377 e. The summed E-state index contributed by atoms with van der Waals surface area (Å²) in [5, 5.41) is 3.04. The first-order valence-electron chi connectivity index (χ1n) is 6.52. The SMILES string of the molecule is Cc1ccc(C(=O)N2CCOC[C@H]2c2csc(C)n2)s1. The van der Waals surface area contributed by atoms with Crippen molar-refractivity contribution >= 4 is 28.6 Å². The number of thiazole rings is 1. The Bertz CT molecular complexity index is 620. The monoisotopic (exact) mass is 308 g/mol. The Balaban J connectivity index is 1.87. The maximum Gasteiger partial charge on any atom is 0.264 e. The van der Waals surface area contributed by atoms with E-state index in [2.05, 4.69) is 4.98 Å². The van der Waals surface area contributed by atoms with Crippen LogP contribution in [0.25, 0.3) is 0 Å². The fraction of sp³-hybridized carbons (Fsp3) is 0.429. The minimum atomic E-state index is -0.0661. The normalized spacial score (nSPS) is 19.3. The van der Waals surface area contributed by atoms with Gasteiger partial charge in [0.1, 0.15) is 0 Å². The summed E-state index contributed by atoms with van der Waals surface area (Å²) >= 11 is 3.15. The summed E-state index contributed by atoms with van der Waals surface area (Å²) in [5.41, 5.74) is 0.939. The van der Waals surface area contributed by atoms with Gasteiger partial charge in [-0.15, -0.1) is 22.7 Å². The predicted molar refractivity (Wildman–Crippen MR) is 80.5 cm³/mol. The van der Waals surface area contributed by atoms with Crippen LogP contribution in [0.1, 0.15) is 31.3 Å². The Morgan fingerprint density at radius 2 is 2.30 bits per heavy atom. The molecule has 0 bridgehead atoms. The molecule has 106 valence electrons. The molecule has 2 aromatic heterocycles. The first-order chi connectivity index (χ1) is 9.65. The number of carbonyl (C=O) groups is 1. The van der Waals surface area contributed by atoms with Gasteiger partial charge in [0, 0.05) is 16.8 Å². The van der Waals surface area contributed by atoms with Crippen molar-refractivity contribution in [3.8, 4) is 0 Å². The molecule has 1 aliphatic heterocycles. The summed E-state index contributed by atoms with van der Waals surface area (Å²) in [6.07, 6.45) is 0. The molecule has 0 saturated carbocycles. The second kappa shape index (κ2) is 5.63. The van der Waals surface area contributed by atoms with E-state index in [1.807, 2.05) is 36.3 Å². The maximum atomic E-state index is 12.7. The lowest BCUT2D eigenvalue weighted by atomic mass is 10.1. The number of carbonyl (C=O) groups excluding carboxylic acids is 1. The average Bonchev–Trinajstić information content (AvgIpc) is 3.07. The predicted octanol–water partition coefficient (Wildman–Crippen LogP) is 3.04. The van der Waals surface area contributed by atoms with Gasteiger partial charge in [-0.05, 0) is 26.0 Å². The van der Waals surface area contributed by atoms with E-state index in [0.717, 1.165) is 20.5 Å². The van der Waals surface area contributed by atoms with Gasteiger partial charge in [0.25, 0.3) is 5.91 Å². The second-order valence-electron chi connectivity index (χ2n) is 4.79. The van der Waals surface area contributed by atoms with Crippen molar-refractivity contribution in [3.05, 3.63) is 38.0 Å². The van der Waals surface area contributed by atoms with Crippen LogP contribution in [0.4, 0.5) is 0 Å². The first-order valence-corrected chi connectivity index (χ1v) is 8.22. The molecule has 1 amide bonds. The van der Waals surface area contributed by atoms with Crippen LogP contribution >= 0.6 is 22.7 Å². The molecule has 1 atom stereocenters. The van der Waals surface area contributed by atoms with Crippen LogP contribution in [0.15, 0.2) is 17.5 Å². The number of amides is 1. The quantitative estimate of drug-likeness (QED) is 0.856. The van der Waals surface area contributed by atoms with E-state index < -0.39 is 0 Å². The molecule has 3 heterocycles. The Labute approximate surface area is 126 Å². The van der Waals surface area contributed by atoms with Gasteiger partial charge in [0.15, 0.2) is 0 Å². The van der Waals surface area contributed by atoms with Gasteiger partial charge in [0.2, 0.25) is 0 Å². The van der Waals surface area contributed by atoms with Crippen molar-refractivity contribution in [1.82, 2.24) is 9.88 Å². The lowest BCUT2D eigenvalue weighted by Gasteiger charge is -2.34. The van der Waals surface area contributed by atoms with Gasteiger partial charge in [-0.25, -0.2) is 4.98 Å². The molecule has 1 saturated heterocycles. The number of aryl methyl sites for hydroxylation is 2. The molecule has 0 N–H and O–H groups in total. The molecule has 1 aliphatic rings. The molecule has 4 nitrogen and oxygen atoms in total. The summed E-state index contributed by atoms with van der Waals surface area (Å²) < 4.78 is 5.54. The number of morpholine rings is 1. The highest BCUT2D eigenvalue weighted by Crippen LogP contribution is 2.28. The van der Waals surface area contributed by atoms with Crippen LogP contribution in [0.2, 0.25) is 0 Å². The van der Waals surface area contributed by atoms with E-state index in [-0.39, 0.29) is 11.9 Å². The zero-order valence-corrected chi connectivity index (χ0v) is 13.1. The van der Waals surface area contributed by atoms with Crippen LogP contribution in [0, 0.1) is 13.8 Å². The lowest BCUT2D eigenvalue weighted by molar-refractivity contribution is -0.00349. The summed E-state index contributed by atoms with van der Waals surface area (Å²) in [7, 11) is 0. The van der Waals surface area contributed by atoms with Crippen LogP contribution in [-0.4, -0.2) is 35.5 Å². The molecular formula is C14H16N2O2S2. The second-order valence-corrected chi connectivity index (χ2v) is 7.14. The average molecular weight is 308 g/mol. The number of hydrogen-bond acceptors (Lipinski definition) is 5. The standard InChI is InChI=1S/C14H16N2O2S2/c1-9-3-4-13(20-9)14(17)16-5-6-18-7-12(16)11-8-19-10(2)15-11/h3-4,8,12H,5-7H2,1-2H3/t12-/m0/s1. The highest BCUT2D eigenvalue weighted by Gasteiger charge is 2.31. The molecular weight excluding hydrogens is 292 g/mol. The summed E-state index contributed by atoms with van der Waals surface area (Å²) in [6, 6.07) is 3.82. The fourth-order valence-corrected chi connectivity index (χ4v) is 3.80. The third kappa shape index (κ3) is 2.63. The molecule has 0 radical (unpaired) electrons. The first kappa shape index (κ1) is 13.7. The van der Waals surface area contributed by atoms with Crippen molar-refractivity contribution in [3.63, 3.8) is 0 Å². The number of nitrogens with zero attached hydrogens (tertiary/aromatic N) is 2. The Morgan fingerprint density at radius 3 is 2.95 bits per heavy atom. The van der Waals surface area contributed by atoms with Crippen LogP contribution < -0.4 is 0 Å². The third-order valence-corrected chi connectivity index (χ3v) is 5.10. The highest BCUT2D eigenvalue weighted by atomic mass is 32.1. The molecule has 0 unspecified atom stereocenters. The maximum absolute atomic E-state index is 12.7. The summed E-state index contributed by atoms with van der Waals surface area (Å²) in [6.45, 7) is 5.74. The molecule has 0 aliphatic carbocycles. The smallest absolute Gasteiger partial charge is 0.264 e. The molecule has 0 aromatic carbocycles. The topological polar surface area (TPSA) is 42.4 Å². The largest absolute Gasteiger partial charge is 0.377 e. The molecule has 2 aromatic rings. The van der Waals surface area contributed by atoms with Crippen molar-refractivity contribution in [2.24, 2.45) is 0 Å². The van der Waals surface area contributed by atoms with Gasteiger partial charge in [0.05, 0.1) is 34.8 Å². The lowest BCUT2D eigenvalue weighted by Crippen LogP contribution is -2.43. The van der Waals surface area contributed by atoms with Gasteiger partial charge in [-0.1, -0.05) is 0 Å². The third-order valence-electron chi connectivity index (χ3n) is 3.32. The Morgan fingerprint density at radius 1 is 1.45 bits per heavy atom. The number of rotatable bonds is 2. The molecule has 20 heavy (non-hydrogen) atoms. The molecule has 3 rings (SSSR count). The molecule has 1 fully saturated rings. The number of aromatic nitrogens is 1. The van der Waals surface area contributed by atoms with Crippen molar-refractivity contribution in [2.75, 3.05) is 19.8 Å². The number of hydrogen-bond donors (Lipinski definition) is 0. The van der Waals surface area contributed by atoms with E-state index in [4.69, 9.17) is 4.74 Å². The van der Waals surface area contributed by atoms with E-state index in [9.17, 15) is 4.79 Å². The zero-order chi connectivity index (χ0) is 14.1. The Hall–Kier alpha value is -1.24. The summed E-state index contributed by atoms with van der Waals surface area (Å²) in [5.74, 6) is 0.0852. The molecule has 6 heteroatoms. The van der Waals surface area contributed by atoms with E-state index in [1.54, 1.807) is 22.7 Å². The Kier molecular flexibility index (Phi) is 3.87. The highest BCUT2D eigenvalue weighted by molar-refractivity contribution is 7.13. The molecule has 0 spiro atoms. The van der Waals surface area contributed by atoms with E-state index in [0.29, 0.717) is 19.8 Å². The van der Waals surface area contributed by atoms with Crippen molar-refractivity contribution in [2.45, 2.75) is 19.9 Å². The zero-order valence-electron chi connectivity index (χ0n) is 11.5. The fourth-order valence-electron chi connectivity index (χ4n) is 2.32. The van der Waals surface area contributed by atoms with Gasteiger partial charge in [-0.2, -0.15) is 0 Å². The van der Waals surface area contributed by atoms with Gasteiger partial charge >= 0.3 is 0 Å². The summed E-state index contributed by atoms with van der Waals surface area (Å²) in [4.78, 5) is 21.0. The minimum absolute atomic E-state index is 0.0661. The van der Waals surface area contributed by atoms with Crippen LogP contribution in [0.3, 0.4) is 0 Å². The number of ether oxygens (including phenoxy) is 1. The van der Waals surface area contributed by atoms with E-state index in [1.165, 1.54) is 0 Å². The van der Waals surface area contributed by atoms with Crippen molar-refractivity contribution in [1.29, 1.82) is 0 Å². The van der Waals surface area contributed by atoms with E-state index >= 15 is 0 Å².